The molecule has 0 atom stereocenters. The minimum absolute atomic E-state index is 0.154. The maximum absolute atomic E-state index is 13.2. The van der Waals surface area contributed by atoms with Crippen LogP contribution in [0.1, 0.15) is 21.5 Å². The van der Waals surface area contributed by atoms with Crippen LogP contribution in [0, 0.1) is 5.82 Å². The quantitative estimate of drug-likeness (QED) is 0.651. The first-order valence-electron chi connectivity index (χ1n) is 7.85. The second-order valence-electron chi connectivity index (χ2n) is 6.18. The van der Waals surface area contributed by atoms with Gasteiger partial charge in [0.05, 0.1) is 10.6 Å². The van der Waals surface area contributed by atoms with Gasteiger partial charge < -0.3 is 9.47 Å². The lowest BCUT2D eigenvalue weighted by atomic mass is 10.1. The zero-order chi connectivity index (χ0) is 16.8. The summed E-state index contributed by atoms with van der Waals surface area (Å²) in [4.78, 5) is 14.6. The zero-order valence-corrected chi connectivity index (χ0v) is 14.0. The zero-order valence-electron chi connectivity index (χ0n) is 13.2. The third-order valence-corrected chi connectivity index (χ3v) is 4.95. The number of hydrogen-bond donors (Lipinski definition) is 0. The van der Waals surface area contributed by atoms with E-state index in [1.807, 2.05) is 13.1 Å². The van der Waals surface area contributed by atoms with Crippen LogP contribution in [0.3, 0.4) is 0 Å². The van der Waals surface area contributed by atoms with Gasteiger partial charge >= 0.3 is 0 Å². The first kappa shape index (κ1) is 15.2. The van der Waals surface area contributed by atoms with E-state index in [1.54, 1.807) is 4.90 Å². The number of nitrogens with zero attached hydrogens (tertiary/aromatic N) is 2. The van der Waals surface area contributed by atoms with E-state index in [9.17, 15) is 9.18 Å². The minimum atomic E-state index is -0.440. The molecule has 0 bridgehead atoms. The van der Waals surface area contributed by atoms with E-state index in [1.165, 1.54) is 34.7 Å². The largest absolute Gasteiger partial charge is 0.350 e. The number of benzene rings is 2. The van der Waals surface area contributed by atoms with Gasteiger partial charge in [-0.1, -0.05) is 23.7 Å². The van der Waals surface area contributed by atoms with Crippen LogP contribution in [-0.4, -0.2) is 21.9 Å². The molecule has 0 fully saturated rings. The number of amides is 1. The molecule has 0 spiro atoms. The Morgan fingerprint density at radius 2 is 2.04 bits per heavy atom. The predicted molar refractivity (Wildman–Crippen MR) is 92.8 cm³/mol. The third kappa shape index (κ3) is 2.38. The molecule has 3 nitrogen and oxygen atoms in total. The van der Waals surface area contributed by atoms with E-state index in [2.05, 4.69) is 22.9 Å². The first-order valence-corrected chi connectivity index (χ1v) is 8.22. The fourth-order valence-corrected chi connectivity index (χ4v) is 3.74. The topological polar surface area (TPSA) is 25.2 Å². The van der Waals surface area contributed by atoms with Gasteiger partial charge in [0.2, 0.25) is 0 Å². The Hall–Kier alpha value is -2.33. The smallest absolute Gasteiger partial charge is 0.255 e. The summed E-state index contributed by atoms with van der Waals surface area (Å²) in [6, 6.07) is 10.1. The van der Waals surface area contributed by atoms with Gasteiger partial charge in [-0.25, -0.2) is 4.39 Å². The van der Waals surface area contributed by atoms with Crippen molar-refractivity contribution in [2.24, 2.45) is 7.05 Å². The number of halogens is 2. The molecule has 0 unspecified atom stereocenters. The Morgan fingerprint density at radius 1 is 1.21 bits per heavy atom. The Kier molecular flexibility index (Phi) is 3.57. The molecule has 0 aliphatic carbocycles. The molecular weight excluding hydrogens is 327 g/mol. The highest BCUT2D eigenvalue weighted by molar-refractivity contribution is 6.33. The lowest BCUT2D eigenvalue weighted by Crippen LogP contribution is -2.31. The van der Waals surface area contributed by atoms with Crippen LogP contribution in [0.25, 0.3) is 10.9 Å². The van der Waals surface area contributed by atoms with Crippen LogP contribution in [0.5, 0.6) is 0 Å². The van der Waals surface area contributed by atoms with Gasteiger partial charge in [-0.2, -0.15) is 0 Å². The highest BCUT2D eigenvalue weighted by atomic mass is 35.5. The molecule has 2 aromatic carbocycles. The summed E-state index contributed by atoms with van der Waals surface area (Å²) in [5.74, 6) is -0.600. The molecule has 0 saturated heterocycles. The van der Waals surface area contributed by atoms with Crippen LogP contribution >= 0.6 is 11.6 Å². The Balaban J connectivity index is 1.72. The molecule has 122 valence electrons. The maximum Gasteiger partial charge on any atom is 0.255 e. The van der Waals surface area contributed by atoms with E-state index in [4.69, 9.17) is 11.6 Å². The average molecular weight is 343 g/mol. The van der Waals surface area contributed by atoms with Crippen molar-refractivity contribution >= 4 is 28.4 Å². The maximum atomic E-state index is 13.2. The van der Waals surface area contributed by atoms with Crippen LogP contribution < -0.4 is 0 Å². The van der Waals surface area contributed by atoms with Crippen molar-refractivity contribution in [3.63, 3.8) is 0 Å². The molecule has 1 aromatic heterocycles. The van der Waals surface area contributed by atoms with Gasteiger partial charge in [-0.15, -0.1) is 0 Å². The number of rotatable bonds is 1. The van der Waals surface area contributed by atoms with Gasteiger partial charge in [-0.3, -0.25) is 4.79 Å². The molecule has 2 heterocycles. The molecule has 0 saturated carbocycles. The minimum Gasteiger partial charge on any atom is -0.350 e. The van der Waals surface area contributed by atoms with Gasteiger partial charge in [-0.05, 0) is 41.8 Å². The molecule has 1 aliphatic rings. The number of aromatic nitrogens is 1. The summed E-state index contributed by atoms with van der Waals surface area (Å²) in [7, 11) is 2.04. The Labute approximate surface area is 144 Å². The van der Waals surface area contributed by atoms with Gasteiger partial charge in [0.1, 0.15) is 5.82 Å². The summed E-state index contributed by atoms with van der Waals surface area (Å²) in [5, 5.41) is 1.39. The van der Waals surface area contributed by atoms with Crippen LogP contribution in [0.2, 0.25) is 5.02 Å². The summed E-state index contributed by atoms with van der Waals surface area (Å²) in [6.07, 6.45) is 2.92. The molecule has 1 amide bonds. The van der Waals surface area contributed by atoms with Crippen molar-refractivity contribution in [2.75, 3.05) is 6.54 Å². The van der Waals surface area contributed by atoms with Gasteiger partial charge in [0.25, 0.3) is 5.91 Å². The standard InChI is InChI=1S/C19H16ClFN2O/c1-22-10-13-7-8-23(11-12-3-2-4-17(22)18(12)13)19(24)15-6-5-14(21)9-16(15)20/h2-6,9-10H,7-8,11H2,1H3. The lowest BCUT2D eigenvalue weighted by Gasteiger charge is -2.22. The second kappa shape index (κ2) is 5.64. The number of carbonyl (C=O) groups excluding carboxylic acids is 1. The third-order valence-electron chi connectivity index (χ3n) is 4.64. The monoisotopic (exact) mass is 342 g/mol. The van der Waals surface area contributed by atoms with Gasteiger partial charge in [0, 0.05) is 37.2 Å². The van der Waals surface area contributed by atoms with Crippen molar-refractivity contribution in [1.82, 2.24) is 9.47 Å². The van der Waals surface area contributed by atoms with E-state index in [-0.39, 0.29) is 10.9 Å². The predicted octanol–water partition coefficient (Wildman–Crippen LogP) is 4.17. The normalized spacial score (nSPS) is 14.0. The van der Waals surface area contributed by atoms with Gasteiger partial charge in [0.15, 0.2) is 0 Å². The lowest BCUT2D eigenvalue weighted by molar-refractivity contribution is 0.0748. The molecule has 0 N–H and O–H groups in total. The van der Waals surface area contributed by atoms with Crippen LogP contribution in [0.4, 0.5) is 4.39 Å². The Bertz CT molecular complexity index is 963. The van der Waals surface area contributed by atoms with Crippen molar-refractivity contribution in [1.29, 1.82) is 0 Å². The van der Waals surface area contributed by atoms with Crippen molar-refractivity contribution in [3.8, 4) is 0 Å². The van der Waals surface area contributed by atoms with E-state index >= 15 is 0 Å². The van der Waals surface area contributed by atoms with Crippen LogP contribution in [0.15, 0.2) is 42.6 Å². The van der Waals surface area contributed by atoms with Crippen molar-refractivity contribution in [2.45, 2.75) is 13.0 Å². The fraction of sp³-hybridized carbons (Fsp3) is 0.211. The fourth-order valence-electron chi connectivity index (χ4n) is 3.49. The molecule has 3 aromatic rings. The Morgan fingerprint density at radius 3 is 2.83 bits per heavy atom. The summed E-state index contributed by atoms with van der Waals surface area (Å²) < 4.78 is 15.4. The molecule has 0 radical (unpaired) electrons. The molecule has 24 heavy (non-hydrogen) atoms. The molecule has 5 heteroatoms. The summed E-state index contributed by atoms with van der Waals surface area (Å²) in [6.45, 7) is 1.14. The average Bonchev–Trinajstić information content (AvgIpc) is 2.76. The van der Waals surface area contributed by atoms with Crippen LogP contribution in [-0.2, 0) is 20.0 Å². The highest BCUT2D eigenvalue weighted by Crippen LogP contribution is 2.30. The summed E-state index contributed by atoms with van der Waals surface area (Å²) >= 11 is 6.06. The molecular formula is C19H16ClFN2O. The van der Waals surface area contributed by atoms with Crippen molar-refractivity contribution in [3.05, 3.63) is 70.1 Å². The number of aryl methyl sites for hydroxylation is 1. The van der Waals surface area contributed by atoms with Crippen molar-refractivity contribution < 1.29 is 9.18 Å². The first-order chi connectivity index (χ1) is 11.5. The second-order valence-corrected chi connectivity index (χ2v) is 6.58. The van der Waals surface area contributed by atoms with E-state index < -0.39 is 5.82 Å². The molecule has 4 rings (SSSR count). The van der Waals surface area contributed by atoms with E-state index in [0.717, 1.165) is 12.0 Å². The number of hydrogen-bond acceptors (Lipinski definition) is 1. The summed E-state index contributed by atoms with van der Waals surface area (Å²) in [5.41, 5.74) is 3.91. The highest BCUT2D eigenvalue weighted by Gasteiger charge is 2.24. The van der Waals surface area contributed by atoms with E-state index in [0.29, 0.717) is 18.7 Å². The number of carbonyl (C=O) groups is 1. The molecule has 1 aliphatic heterocycles. The SMILES string of the molecule is Cn1cc2c3c(cccc31)CN(C(=O)c1ccc(F)cc1Cl)CC2.